The Kier molecular flexibility index (Phi) is 6.00. The molecule has 0 radical (unpaired) electrons. The lowest BCUT2D eigenvalue weighted by Crippen LogP contribution is -2.38. The number of esters is 1. The molecule has 142 valence electrons. The van der Waals surface area contributed by atoms with Crippen molar-refractivity contribution in [1.29, 1.82) is 0 Å². The van der Waals surface area contributed by atoms with E-state index >= 15 is 0 Å². The Morgan fingerprint density at radius 3 is 2.77 bits per heavy atom. The van der Waals surface area contributed by atoms with Gasteiger partial charge in [0.1, 0.15) is 9.77 Å². The third kappa shape index (κ3) is 4.11. The van der Waals surface area contributed by atoms with E-state index in [1.165, 1.54) is 10.4 Å². The second-order valence-electron chi connectivity index (χ2n) is 5.91. The molecule has 0 aromatic carbocycles. The van der Waals surface area contributed by atoms with Crippen LogP contribution in [0.15, 0.2) is 20.9 Å². The molecule has 0 spiro atoms. The molecule has 2 aromatic heterocycles. The van der Waals surface area contributed by atoms with Gasteiger partial charge in [0, 0.05) is 30.5 Å². The molecule has 3 heterocycles. The number of rotatable bonds is 6. The van der Waals surface area contributed by atoms with Gasteiger partial charge in [-0.3, -0.25) is 0 Å². The van der Waals surface area contributed by atoms with Gasteiger partial charge in [-0.25, -0.2) is 13.2 Å². The van der Waals surface area contributed by atoms with Crippen LogP contribution in [-0.4, -0.2) is 53.4 Å². The van der Waals surface area contributed by atoms with Crippen LogP contribution in [-0.2, 0) is 21.4 Å². The van der Waals surface area contributed by atoms with Gasteiger partial charge in [0.25, 0.3) is 5.89 Å². The van der Waals surface area contributed by atoms with Crippen molar-refractivity contribution in [2.45, 2.75) is 31.3 Å². The maximum absolute atomic E-state index is 12.8. The van der Waals surface area contributed by atoms with E-state index < -0.39 is 16.0 Å². The molecule has 1 fully saturated rings. The molecule has 11 heteroatoms. The fourth-order valence-corrected chi connectivity index (χ4v) is 6.19. The number of hydrogen-bond donors (Lipinski definition) is 0. The summed E-state index contributed by atoms with van der Waals surface area (Å²) >= 11 is 2.76. The number of aromatic nitrogens is 2. The lowest BCUT2D eigenvalue weighted by Gasteiger charge is -2.25. The molecule has 0 bridgehead atoms. The van der Waals surface area contributed by atoms with Crippen molar-refractivity contribution in [2.24, 2.45) is 0 Å². The minimum Gasteiger partial charge on any atom is -0.451 e. The van der Waals surface area contributed by atoms with Crippen LogP contribution >= 0.6 is 23.1 Å². The zero-order valence-corrected chi connectivity index (χ0v) is 16.8. The minimum atomic E-state index is -3.71. The minimum absolute atomic E-state index is 0.00667. The lowest BCUT2D eigenvalue weighted by molar-refractivity contribution is 0.0431. The Balaban J connectivity index is 1.71. The average molecular weight is 418 g/mol. The van der Waals surface area contributed by atoms with Crippen molar-refractivity contribution in [3.63, 3.8) is 0 Å². The molecule has 0 amide bonds. The molecule has 1 aliphatic heterocycles. The first kappa shape index (κ1) is 19.3. The van der Waals surface area contributed by atoms with Gasteiger partial charge < -0.3 is 9.26 Å². The van der Waals surface area contributed by atoms with Gasteiger partial charge in [0.2, 0.25) is 10.0 Å². The first-order chi connectivity index (χ1) is 12.4. The summed E-state index contributed by atoms with van der Waals surface area (Å²) in [6.07, 6.45) is 0. The highest BCUT2D eigenvalue weighted by Gasteiger charge is 2.31. The number of thiophene rings is 1. The third-order valence-electron chi connectivity index (χ3n) is 3.73. The van der Waals surface area contributed by atoms with Gasteiger partial charge in [0.05, 0.1) is 0 Å². The van der Waals surface area contributed by atoms with Crippen LogP contribution in [0.4, 0.5) is 0 Å². The fraction of sp³-hybridized carbons (Fsp3) is 0.533. The highest BCUT2D eigenvalue weighted by molar-refractivity contribution is 7.99. The molecule has 26 heavy (non-hydrogen) atoms. The van der Waals surface area contributed by atoms with E-state index in [1.54, 1.807) is 17.1 Å². The molecule has 0 unspecified atom stereocenters. The zero-order chi connectivity index (χ0) is 18.7. The summed E-state index contributed by atoms with van der Waals surface area (Å²) in [6, 6.07) is 1.45. The maximum atomic E-state index is 12.8. The van der Waals surface area contributed by atoms with E-state index in [9.17, 15) is 13.2 Å². The van der Waals surface area contributed by atoms with Crippen LogP contribution in [0, 0.1) is 0 Å². The topological polar surface area (TPSA) is 103 Å². The second kappa shape index (κ2) is 8.07. The fourth-order valence-electron chi connectivity index (χ4n) is 2.33. The van der Waals surface area contributed by atoms with E-state index in [0.29, 0.717) is 18.9 Å². The molecule has 1 saturated heterocycles. The summed E-state index contributed by atoms with van der Waals surface area (Å²) in [6.45, 7) is 4.52. The molecule has 0 atom stereocenters. The molecular weight excluding hydrogens is 398 g/mol. The van der Waals surface area contributed by atoms with Crippen LogP contribution in [0.5, 0.6) is 0 Å². The summed E-state index contributed by atoms with van der Waals surface area (Å²) in [5.41, 5.74) is 0. The smallest absolute Gasteiger partial charge is 0.350 e. The first-order valence-corrected chi connectivity index (χ1v) is 11.5. The van der Waals surface area contributed by atoms with E-state index in [-0.39, 0.29) is 28.2 Å². The number of ether oxygens (including phenoxy) is 1. The Bertz CT molecular complexity index is 869. The van der Waals surface area contributed by atoms with Gasteiger partial charge in [-0.15, -0.1) is 11.3 Å². The van der Waals surface area contributed by atoms with Crippen LogP contribution in [0.25, 0.3) is 0 Å². The van der Waals surface area contributed by atoms with Gasteiger partial charge in [-0.05, 0) is 11.4 Å². The number of carbonyl (C=O) groups excluding carboxylic acids is 1. The van der Waals surface area contributed by atoms with E-state index in [4.69, 9.17) is 9.26 Å². The number of carbonyl (C=O) groups is 1. The van der Waals surface area contributed by atoms with Crippen LogP contribution < -0.4 is 0 Å². The SMILES string of the molecule is CC(C)c1noc(COC(=O)c2sccc2S(=O)(=O)N2CCSCC2)n1. The van der Waals surface area contributed by atoms with Crippen LogP contribution in [0.3, 0.4) is 0 Å². The summed E-state index contributed by atoms with van der Waals surface area (Å²) in [5, 5.41) is 5.37. The van der Waals surface area contributed by atoms with Crippen molar-refractivity contribution in [1.82, 2.24) is 14.4 Å². The second-order valence-corrected chi connectivity index (χ2v) is 9.95. The van der Waals surface area contributed by atoms with Gasteiger partial charge >= 0.3 is 5.97 Å². The summed E-state index contributed by atoms with van der Waals surface area (Å²) in [4.78, 5) is 16.6. The van der Waals surface area contributed by atoms with Crippen LogP contribution in [0.2, 0.25) is 0 Å². The van der Waals surface area contributed by atoms with Gasteiger partial charge in [-0.1, -0.05) is 19.0 Å². The van der Waals surface area contributed by atoms with Gasteiger partial charge in [0.15, 0.2) is 12.4 Å². The molecule has 8 nitrogen and oxygen atoms in total. The zero-order valence-electron chi connectivity index (χ0n) is 14.4. The predicted octanol–water partition coefficient (Wildman–Crippen LogP) is 2.35. The molecule has 3 rings (SSSR count). The summed E-state index contributed by atoms with van der Waals surface area (Å²) in [7, 11) is -3.71. The highest BCUT2D eigenvalue weighted by atomic mass is 32.2. The highest BCUT2D eigenvalue weighted by Crippen LogP contribution is 2.28. The van der Waals surface area contributed by atoms with Crippen LogP contribution in [0.1, 0.15) is 41.2 Å². The predicted molar refractivity (Wildman–Crippen MR) is 97.9 cm³/mol. The van der Waals surface area contributed by atoms with Gasteiger partial charge in [-0.2, -0.15) is 21.1 Å². The van der Waals surface area contributed by atoms with E-state index in [0.717, 1.165) is 22.8 Å². The van der Waals surface area contributed by atoms with Crippen molar-refractivity contribution < 1.29 is 22.5 Å². The summed E-state index contributed by atoms with van der Waals surface area (Å²) in [5.74, 6) is 1.58. The molecule has 2 aromatic rings. The molecule has 0 N–H and O–H groups in total. The normalized spacial score (nSPS) is 16.1. The monoisotopic (exact) mass is 417 g/mol. The molecule has 1 aliphatic rings. The summed E-state index contributed by atoms with van der Waals surface area (Å²) < 4.78 is 37.2. The third-order valence-corrected chi connectivity index (χ3v) is 7.64. The number of thioether (sulfide) groups is 1. The Labute approximate surface area is 160 Å². The Hall–Kier alpha value is -1.43. The standard InChI is InChI=1S/C15H19N3O5S3/c1-10(2)14-16-12(23-17-14)9-22-15(19)13-11(3-6-25-13)26(20,21)18-4-7-24-8-5-18/h3,6,10H,4-5,7-9H2,1-2H3. The van der Waals surface area contributed by atoms with Crippen molar-refractivity contribution >= 4 is 39.1 Å². The molecular formula is C15H19N3O5S3. The van der Waals surface area contributed by atoms with Crippen molar-refractivity contribution in [3.8, 4) is 0 Å². The number of nitrogens with zero attached hydrogens (tertiary/aromatic N) is 3. The lowest BCUT2D eigenvalue weighted by atomic mass is 10.2. The first-order valence-electron chi connectivity index (χ1n) is 8.04. The maximum Gasteiger partial charge on any atom is 0.350 e. The Morgan fingerprint density at radius 1 is 1.38 bits per heavy atom. The van der Waals surface area contributed by atoms with E-state index in [2.05, 4.69) is 10.1 Å². The Morgan fingerprint density at radius 2 is 2.12 bits per heavy atom. The van der Waals surface area contributed by atoms with Crippen molar-refractivity contribution in [3.05, 3.63) is 28.0 Å². The largest absolute Gasteiger partial charge is 0.451 e. The number of hydrogen-bond acceptors (Lipinski definition) is 9. The quantitative estimate of drug-likeness (QED) is 0.660. The average Bonchev–Trinajstić information content (AvgIpc) is 3.30. The van der Waals surface area contributed by atoms with Crippen molar-refractivity contribution in [2.75, 3.05) is 24.6 Å². The van der Waals surface area contributed by atoms with E-state index in [1.807, 2.05) is 13.8 Å². The molecule has 0 saturated carbocycles. The number of sulfonamides is 1. The molecule has 0 aliphatic carbocycles.